The maximum atomic E-state index is 13.1. The van der Waals surface area contributed by atoms with Gasteiger partial charge in [-0.05, 0) is 65.6 Å². The molecule has 0 unspecified atom stereocenters. The summed E-state index contributed by atoms with van der Waals surface area (Å²) in [6.07, 6.45) is 1.06. The molecule has 1 aliphatic heterocycles. The predicted octanol–water partition coefficient (Wildman–Crippen LogP) is 5.58. The van der Waals surface area contributed by atoms with Crippen LogP contribution in [-0.2, 0) is 6.42 Å². The van der Waals surface area contributed by atoms with E-state index in [1.807, 2.05) is 23.9 Å². The molecule has 0 bridgehead atoms. The average Bonchev–Trinajstić information content (AvgIpc) is 3.11. The highest BCUT2D eigenvalue weighted by molar-refractivity contribution is 7.99. The summed E-state index contributed by atoms with van der Waals surface area (Å²) in [6, 6.07) is 17.5. The third-order valence-corrected chi connectivity index (χ3v) is 5.51. The highest BCUT2D eigenvalue weighted by Crippen LogP contribution is 2.35. The van der Waals surface area contributed by atoms with Crippen molar-refractivity contribution in [1.29, 1.82) is 0 Å². The van der Waals surface area contributed by atoms with Crippen molar-refractivity contribution < 1.29 is 14.3 Å². The number of carboxylic acids is 1. The predicted molar refractivity (Wildman–Crippen MR) is 103 cm³/mol. The van der Waals surface area contributed by atoms with Crippen LogP contribution in [0.5, 0.6) is 0 Å². The highest BCUT2D eigenvalue weighted by Gasteiger charge is 2.15. The number of carbonyl (C=O) groups is 1. The van der Waals surface area contributed by atoms with Crippen molar-refractivity contribution in [1.82, 2.24) is 0 Å². The zero-order chi connectivity index (χ0) is 18.1. The number of rotatable bonds is 4. The van der Waals surface area contributed by atoms with Crippen LogP contribution in [0.4, 0.5) is 15.8 Å². The number of carboxylic acid groups (broad SMARTS) is 1. The molecule has 2 N–H and O–H groups in total. The molecular weight excluding hydrogens is 349 g/mol. The third kappa shape index (κ3) is 3.30. The summed E-state index contributed by atoms with van der Waals surface area (Å²) in [5.74, 6) is -0.237. The smallest absolute Gasteiger partial charge is 0.337 e. The Labute approximate surface area is 154 Å². The molecule has 0 atom stereocenters. The Balaban J connectivity index is 1.73. The van der Waals surface area contributed by atoms with E-state index < -0.39 is 5.97 Å². The summed E-state index contributed by atoms with van der Waals surface area (Å²) < 4.78 is 13.1. The van der Waals surface area contributed by atoms with Crippen LogP contribution in [0.1, 0.15) is 15.9 Å². The Hall–Kier alpha value is -2.79. The standard InChI is InChI=1S/C21H16FNO2S/c22-16-3-5-17(6-4-16)23-19-12-14(1-7-18(19)21(24)25)13-2-8-20-15(11-13)9-10-26-20/h1-8,11-12,23H,9-10H2,(H,24,25). The van der Waals surface area contributed by atoms with Crippen molar-refractivity contribution in [3.63, 3.8) is 0 Å². The number of nitrogens with one attached hydrogen (secondary N) is 1. The van der Waals surface area contributed by atoms with E-state index in [4.69, 9.17) is 0 Å². The minimum atomic E-state index is -1.01. The molecule has 0 radical (unpaired) electrons. The van der Waals surface area contributed by atoms with Crippen LogP contribution in [0.25, 0.3) is 11.1 Å². The monoisotopic (exact) mass is 365 g/mol. The molecule has 3 aromatic rings. The molecule has 0 aliphatic carbocycles. The second-order valence-corrected chi connectivity index (χ2v) is 7.26. The molecule has 0 amide bonds. The van der Waals surface area contributed by atoms with Crippen molar-refractivity contribution in [3.05, 3.63) is 77.6 Å². The van der Waals surface area contributed by atoms with E-state index in [-0.39, 0.29) is 11.4 Å². The summed E-state index contributed by atoms with van der Waals surface area (Å²) in [5.41, 5.74) is 4.63. The number of aryl methyl sites for hydroxylation is 1. The summed E-state index contributed by atoms with van der Waals surface area (Å²) in [5, 5.41) is 12.6. The molecule has 3 nitrogen and oxygen atoms in total. The zero-order valence-corrected chi connectivity index (χ0v) is 14.6. The lowest BCUT2D eigenvalue weighted by Crippen LogP contribution is -2.03. The van der Waals surface area contributed by atoms with Gasteiger partial charge in [0.1, 0.15) is 5.82 Å². The normalized spacial score (nSPS) is 12.7. The highest BCUT2D eigenvalue weighted by atomic mass is 32.2. The van der Waals surface area contributed by atoms with Gasteiger partial charge in [-0.1, -0.05) is 18.2 Å². The minimum absolute atomic E-state index is 0.176. The molecule has 1 aliphatic rings. The number of hydrogen-bond donors (Lipinski definition) is 2. The van der Waals surface area contributed by atoms with Crippen LogP contribution >= 0.6 is 11.8 Å². The fourth-order valence-corrected chi connectivity index (χ4v) is 4.12. The summed E-state index contributed by atoms with van der Waals surface area (Å²) in [7, 11) is 0. The van der Waals surface area contributed by atoms with Gasteiger partial charge in [-0.25, -0.2) is 9.18 Å². The first-order valence-corrected chi connectivity index (χ1v) is 9.25. The van der Waals surface area contributed by atoms with Crippen LogP contribution in [0.2, 0.25) is 0 Å². The number of anilines is 2. The molecular formula is C21H16FNO2S. The van der Waals surface area contributed by atoms with Gasteiger partial charge in [0.05, 0.1) is 11.3 Å². The van der Waals surface area contributed by atoms with Crippen molar-refractivity contribution >= 4 is 29.1 Å². The van der Waals surface area contributed by atoms with E-state index in [1.54, 1.807) is 18.2 Å². The number of hydrogen-bond acceptors (Lipinski definition) is 3. The van der Waals surface area contributed by atoms with E-state index in [2.05, 4.69) is 23.5 Å². The van der Waals surface area contributed by atoms with Crippen molar-refractivity contribution in [2.45, 2.75) is 11.3 Å². The molecule has 0 spiro atoms. The fourth-order valence-electron chi connectivity index (χ4n) is 3.07. The van der Waals surface area contributed by atoms with Gasteiger partial charge in [0.25, 0.3) is 0 Å². The van der Waals surface area contributed by atoms with Crippen LogP contribution in [0.15, 0.2) is 65.6 Å². The molecule has 0 aromatic heterocycles. The Bertz CT molecular complexity index is 986. The van der Waals surface area contributed by atoms with Crippen molar-refractivity contribution in [2.75, 3.05) is 11.1 Å². The van der Waals surface area contributed by atoms with Crippen LogP contribution in [0.3, 0.4) is 0 Å². The van der Waals surface area contributed by atoms with E-state index in [9.17, 15) is 14.3 Å². The average molecular weight is 365 g/mol. The second kappa shape index (κ2) is 6.84. The van der Waals surface area contributed by atoms with Crippen LogP contribution in [0, 0.1) is 5.82 Å². The molecule has 5 heteroatoms. The van der Waals surface area contributed by atoms with Gasteiger partial charge in [-0.15, -0.1) is 11.8 Å². The van der Waals surface area contributed by atoms with Gasteiger partial charge in [0, 0.05) is 16.3 Å². The molecule has 26 heavy (non-hydrogen) atoms. The van der Waals surface area contributed by atoms with Gasteiger partial charge in [-0.2, -0.15) is 0 Å². The molecule has 0 saturated carbocycles. The van der Waals surface area contributed by atoms with Crippen LogP contribution in [-0.4, -0.2) is 16.8 Å². The number of aromatic carboxylic acids is 1. The topological polar surface area (TPSA) is 49.3 Å². The quantitative estimate of drug-likeness (QED) is 0.633. The molecule has 130 valence electrons. The van der Waals surface area contributed by atoms with Gasteiger partial charge in [0.2, 0.25) is 0 Å². The largest absolute Gasteiger partial charge is 0.478 e. The van der Waals surface area contributed by atoms with Crippen LogP contribution < -0.4 is 5.32 Å². The summed E-state index contributed by atoms with van der Waals surface area (Å²) in [4.78, 5) is 12.9. The van der Waals surface area contributed by atoms with Gasteiger partial charge >= 0.3 is 5.97 Å². The maximum Gasteiger partial charge on any atom is 0.337 e. The number of fused-ring (bicyclic) bond motifs is 1. The number of benzene rings is 3. The lowest BCUT2D eigenvalue weighted by atomic mass is 9.99. The lowest BCUT2D eigenvalue weighted by molar-refractivity contribution is 0.0698. The zero-order valence-electron chi connectivity index (χ0n) is 13.8. The SMILES string of the molecule is O=C(O)c1ccc(-c2ccc3c(c2)CCS3)cc1Nc1ccc(F)cc1. The molecule has 4 rings (SSSR count). The summed E-state index contributed by atoms with van der Waals surface area (Å²) in [6.45, 7) is 0. The number of halogens is 1. The first-order valence-electron chi connectivity index (χ1n) is 8.26. The van der Waals surface area contributed by atoms with E-state index in [0.29, 0.717) is 11.4 Å². The molecule has 0 fully saturated rings. The lowest BCUT2D eigenvalue weighted by Gasteiger charge is -2.13. The first kappa shape index (κ1) is 16.7. The van der Waals surface area contributed by atoms with E-state index in [0.717, 1.165) is 23.3 Å². The van der Waals surface area contributed by atoms with Gasteiger partial charge in [0.15, 0.2) is 0 Å². The molecule has 3 aromatic carbocycles. The van der Waals surface area contributed by atoms with Gasteiger partial charge in [-0.3, -0.25) is 0 Å². The first-order chi connectivity index (χ1) is 12.6. The Morgan fingerprint density at radius 2 is 1.73 bits per heavy atom. The summed E-state index contributed by atoms with van der Waals surface area (Å²) >= 11 is 1.86. The maximum absolute atomic E-state index is 13.1. The Kier molecular flexibility index (Phi) is 4.39. The van der Waals surface area contributed by atoms with E-state index in [1.165, 1.54) is 22.6 Å². The third-order valence-electron chi connectivity index (χ3n) is 4.40. The number of thioether (sulfide) groups is 1. The molecule has 1 heterocycles. The van der Waals surface area contributed by atoms with Crippen molar-refractivity contribution in [3.8, 4) is 11.1 Å². The van der Waals surface area contributed by atoms with Crippen molar-refractivity contribution in [2.24, 2.45) is 0 Å². The van der Waals surface area contributed by atoms with Gasteiger partial charge < -0.3 is 10.4 Å². The fraction of sp³-hybridized carbons (Fsp3) is 0.0952. The molecule has 0 saturated heterocycles. The Morgan fingerprint density at radius 1 is 1.00 bits per heavy atom. The minimum Gasteiger partial charge on any atom is -0.478 e. The van der Waals surface area contributed by atoms with E-state index >= 15 is 0 Å². The Morgan fingerprint density at radius 3 is 2.50 bits per heavy atom. The second-order valence-electron chi connectivity index (χ2n) is 6.12.